The Labute approximate surface area is 125 Å². The highest BCUT2D eigenvalue weighted by atomic mass is 16.4. The average Bonchev–Trinajstić information content (AvgIpc) is 2.44. The van der Waals surface area contributed by atoms with E-state index >= 15 is 0 Å². The van der Waals surface area contributed by atoms with E-state index in [4.69, 9.17) is 0 Å². The first kappa shape index (κ1) is 15.4. The van der Waals surface area contributed by atoms with E-state index in [0.29, 0.717) is 6.54 Å². The summed E-state index contributed by atoms with van der Waals surface area (Å²) < 4.78 is 0. The zero-order valence-corrected chi connectivity index (χ0v) is 13.0. The summed E-state index contributed by atoms with van der Waals surface area (Å²) in [6, 6.07) is 10.0. The minimum atomic E-state index is -0.856. The summed E-state index contributed by atoms with van der Waals surface area (Å²) in [5.74, 6) is -0.803. The molecule has 0 atom stereocenters. The van der Waals surface area contributed by atoms with Crippen molar-refractivity contribution in [1.29, 1.82) is 0 Å². The number of rotatable bonds is 5. The molecule has 21 heavy (non-hydrogen) atoms. The summed E-state index contributed by atoms with van der Waals surface area (Å²) in [5, 5.41) is 13.8. The summed E-state index contributed by atoms with van der Waals surface area (Å²) in [7, 11) is 0. The highest BCUT2D eigenvalue weighted by Crippen LogP contribution is 2.31. The van der Waals surface area contributed by atoms with E-state index in [-0.39, 0.29) is 0 Å². The lowest BCUT2D eigenvalue weighted by Gasteiger charge is -2.39. The third-order valence-electron chi connectivity index (χ3n) is 4.50. The van der Waals surface area contributed by atoms with Crippen molar-refractivity contribution >= 4 is 16.9 Å². The minimum Gasteiger partial charge on any atom is -0.481 e. The number of carboxylic acid groups (broad SMARTS) is 1. The van der Waals surface area contributed by atoms with Gasteiger partial charge in [-0.15, -0.1) is 0 Å². The van der Waals surface area contributed by atoms with Gasteiger partial charge in [-0.1, -0.05) is 12.1 Å². The van der Waals surface area contributed by atoms with Crippen LogP contribution < -0.4 is 5.32 Å². The molecule has 1 aromatic heterocycles. The van der Waals surface area contributed by atoms with Crippen molar-refractivity contribution in [3.05, 3.63) is 42.1 Å². The van der Waals surface area contributed by atoms with Crippen LogP contribution in [0.3, 0.4) is 0 Å². The summed E-state index contributed by atoms with van der Waals surface area (Å²) in [6.07, 6.45) is 1.78. The number of pyridine rings is 1. The van der Waals surface area contributed by atoms with Gasteiger partial charge in [0.05, 0.1) is 10.9 Å². The molecular formula is C17H22N2O2. The molecule has 0 radical (unpaired) electrons. The molecule has 2 rings (SSSR count). The Morgan fingerprint density at radius 3 is 2.62 bits per heavy atom. The van der Waals surface area contributed by atoms with Gasteiger partial charge < -0.3 is 10.4 Å². The highest BCUT2D eigenvalue weighted by Gasteiger charge is 2.42. The zero-order valence-electron chi connectivity index (χ0n) is 13.0. The predicted molar refractivity (Wildman–Crippen MR) is 84.1 cm³/mol. The van der Waals surface area contributed by atoms with E-state index in [1.165, 1.54) is 0 Å². The van der Waals surface area contributed by atoms with Crippen LogP contribution in [0.5, 0.6) is 0 Å². The fourth-order valence-electron chi connectivity index (χ4n) is 2.05. The van der Waals surface area contributed by atoms with Crippen LogP contribution in [0.15, 0.2) is 36.5 Å². The van der Waals surface area contributed by atoms with Crippen LogP contribution in [0.25, 0.3) is 10.9 Å². The smallest absolute Gasteiger partial charge is 0.310 e. The first-order valence-corrected chi connectivity index (χ1v) is 7.06. The monoisotopic (exact) mass is 286 g/mol. The molecule has 0 aliphatic rings. The minimum absolute atomic E-state index is 0.525. The maximum atomic E-state index is 11.4. The second kappa shape index (κ2) is 5.45. The van der Waals surface area contributed by atoms with Gasteiger partial charge in [0.25, 0.3) is 0 Å². The molecule has 0 unspecified atom stereocenters. The lowest BCUT2D eigenvalue weighted by Crippen LogP contribution is -2.54. The standard InChI is InChI=1S/C17H22N2O2/c1-16(2,15(20)21)17(3,4)19-11-12-7-8-14-13(10-12)6-5-9-18-14/h5-10,19H,11H2,1-4H3,(H,20,21). The fraction of sp³-hybridized carbons (Fsp3) is 0.412. The maximum absolute atomic E-state index is 11.4. The van der Waals surface area contributed by atoms with Crippen LogP contribution >= 0.6 is 0 Å². The zero-order chi connectivity index (χ0) is 15.7. The van der Waals surface area contributed by atoms with Crippen molar-refractivity contribution in [3.63, 3.8) is 0 Å². The topological polar surface area (TPSA) is 62.2 Å². The summed E-state index contributed by atoms with van der Waals surface area (Å²) >= 11 is 0. The van der Waals surface area contributed by atoms with Crippen molar-refractivity contribution in [1.82, 2.24) is 10.3 Å². The molecule has 1 aromatic carbocycles. The van der Waals surface area contributed by atoms with Crippen molar-refractivity contribution in [2.45, 2.75) is 39.8 Å². The number of aromatic nitrogens is 1. The Bertz CT molecular complexity index is 663. The molecule has 2 N–H and O–H groups in total. The Hall–Kier alpha value is -1.94. The molecule has 0 saturated heterocycles. The van der Waals surface area contributed by atoms with Gasteiger partial charge in [0.15, 0.2) is 0 Å². The Morgan fingerprint density at radius 1 is 1.24 bits per heavy atom. The number of carboxylic acids is 1. The van der Waals surface area contributed by atoms with Crippen molar-refractivity contribution in [3.8, 4) is 0 Å². The van der Waals surface area contributed by atoms with Gasteiger partial charge >= 0.3 is 5.97 Å². The molecule has 112 valence electrons. The van der Waals surface area contributed by atoms with Gasteiger partial charge in [-0.25, -0.2) is 0 Å². The van der Waals surface area contributed by atoms with Gasteiger partial charge in [-0.2, -0.15) is 0 Å². The molecular weight excluding hydrogens is 264 g/mol. The molecule has 0 aliphatic heterocycles. The van der Waals surface area contributed by atoms with Gasteiger partial charge in [0.1, 0.15) is 0 Å². The lowest BCUT2D eigenvalue weighted by molar-refractivity contribution is -0.151. The fourth-order valence-corrected chi connectivity index (χ4v) is 2.05. The summed E-state index contributed by atoms with van der Waals surface area (Å²) in [5.41, 5.74) is 0.699. The number of hydrogen-bond donors (Lipinski definition) is 2. The van der Waals surface area contributed by atoms with E-state index in [2.05, 4.69) is 16.4 Å². The largest absolute Gasteiger partial charge is 0.481 e. The molecule has 4 heteroatoms. The van der Waals surface area contributed by atoms with Gasteiger partial charge in [-0.05, 0) is 51.5 Å². The van der Waals surface area contributed by atoms with Crippen molar-refractivity contribution in [2.75, 3.05) is 0 Å². The van der Waals surface area contributed by atoms with Gasteiger partial charge in [0, 0.05) is 23.7 Å². The number of nitrogens with one attached hydrogen (secondary N) is 1. The number of aliphatic carboxylic acids is 1. The Morgan fingerprint density at radius 2 is 1.95 bits per heavy atom. The molecule has 0 spiro atoms. The van der Waals surface area contributed by atoms with Crippen LogP contribution in [-0.4, -0.2) is 21.6 Å². The summed E-state index contributed by atoms with van der Waals surface area (Å²) in [4.78, 5) is 15.7. The van der Waals surface area contributed by atoms with Crippen LogP contribution in [0.1, 0.15) is 33.3 Å². The van der Waals surface area contributed by atoms with E-state index in [9.17, 15) is 9.90 Å². The molecule has 0 fully saturated rings. The van der Waals surface area contributed by atoms with E-state index in [0.717, 1.165) is 16.5 Å². The first-order chi connectivity index (χ1) is 9.74. The number of carbonyl (C=O) groups is 1. The molecule has 0 amide bonds. The first-order valence-electron chi connectivity index (χ1n) is 7.06. The highest BCUT2D eigenvalue weighted by molar-refractivity contribution is 5.79. The molecule has 1 heterocycles. The number of benzene rings is 1. The SMILES string of the molecule is CC(C)(NCc1ccc2ncccc2c1)C(C)(C)C(=O)O. The number of nitrogens with zero attached hydrogens (tertiary/aromatic N) is 1. The number of hydrogen-bond acceptors (Lipinski definition) is 3. The molecule has 0 saturated carbocycles. The second-order valence-corrected chi connectivity index (χ2v) is 6.44. The Kier molecular flexibility index (Phi) is 4.01. The maximum Gasteiger partial charge on any atom is 0.310 e. The van der Waals surface area contributed by atoms with Crippen LogP contribution in [0.2, 0.25) is 0 Å². The van der Waals surface area contributed by atoms with Gasteiger partial charge in [0.2, 0.25) is 0 Å². The normalized spacial score (nSPS) is 12.6. The van der Waals surface area contributed by atoms with Gasteiger partial charge in [-0.3, -0.25) is 9.78 Å². The average molecular weight is 286 g/mol. The molecule has 0 aliphatic carbocycles. The lowest BCUT2D eigenvalue weighted by atomic mass is 9.74. The predicted octanol–water partition coefficient (Wildman–Crippen LogP) is 3.21. The van der Waals surface area contributed by atoms with E-state index < -0.39 is 16.9 Å². The van der Waals surface area contributed by atoms with Crippen LogP contribution in [0.4, 0.5) is 0 Å². The van der Waals surface area contributed by atoms with Crippen molar-refractivity contribution in [2.24, 2.45) is 5.41 Å². The third-order valence-corrected chi connectivity index (χ3v) is 4.50. The summed E-state index contributed by atoms with van der Waals surface area (Å²) in [6.45, 7) is 7.95. The Balaban J connectivity index is 2.16. The van der Waals surface area contributed by atoms with Crippen LogP contribution in [0, 0.1) is 5.41 Å². The number of fused-ring (bicyclic) bond motifs is 1. The third kappa shape index (κ3) is 3.05. The quantitative estimate of drug-likeness (QED) is 0.886. The molecule has 2 aromatic rings. The van der Waals surface area contributed by atoms with Crippen LogP contribution in [-0.2, 0) is 11.3 Å². The molecule has 0 bridgehead atoms. The van der Waals surface area contributed by atoms with Crippen molar-refractivity contribution < 1.29 is 9.90 Å². The van der Waals surface area contributed by atoms with E-state index in [1.54, 1.807) is 20.0 Å². The second-order valence-electron chi connectivity index (χ2n) is 6.44. The van der Waals surface area contributed by atoms with E-state index in [1.807, 2.05) is 38.1 Å². The molecule has 4 nitrogen and oxygen atoms in total.